The lowest BCUT2D eigenvalue weighted by Gasteiger charge is -2.30. The lowest BCUT2D eigenvalue weighted by atomic mass is 9.96. The summed E-state index contributed by atoms with van der Waals surface area (Å²) in [6.45, 7) is -0.485. The molecule has 2 rings (SSSR count). The fraction of sp³-hybridized carbons (Fsp3) is 0.750. The number of aliphatic imine (C=N–C) groups is 1. The zero-order chi connectivity index (χ0) is 12.6. The normalized spacial score (nSPS) is 44.9. The van der Waals surface area contributed by atoms with Crippen molar-refractivity contribution in [2.24, 2.45) is 10.7 Å². The van der Waals surface area contributed by atoms with Gasteiger partial charge >= 0.3 is 0 Å². The van der Waals surface area contributed by atoms with Gasteiger partial charge in [0.05, 0.1) is 12.9 Å². The number of amides is 1. The van der Waals surface area contributed by atoms with Gasteiger partial charge in [-0.25, -0.2) is 4.99 Å². The van der Waals surface area contributed by atoms with Crippen LogP contribution in [0.25, 0.3) is 0 Å². The van der Waals surface area contributed by atoms with Crippen molar-refractivity contribution in [3.63, 3.8) is 0 Å². The average Bonchev–Trinajstić information content (AvgIpc) is 2.87. The summed E-state index contributed by atoms with van der Waals surface area (Å²) in [6, 6.07) is 0. The predicted molar refractivity (Wildman–Crippen MR) is 54.4 cm³/mol. The Bertz CT molecular complexity index is 351. The summed E-state index contributed by atoms with van der Waals surface area (Å²) in [5, 5.41) is 28.3. The number of hydrogen-bond acceptors (Lipinski definition) is 8. The minimum Gasteiger partial charge on any atom is -0.394 e. The Morgan fingerprint density at radius 1 is 1.53 bits per heavy atom. The van der Waals surface area contributed by atoms with Gasteiger partial charge in [-0.3, -0.25) is 4.79 Å². The van der Waals surface area contributed by atoms with E-state index >= 15 is 0 Å². The Morgan fingerprint density at radius 3 is 2.65 bits per heavy atom. The molecule has 2 aliphatic heterocycles. The quantitative estimate of drug-likeness (QED) is 0.295. The number of rotatable bonds is 3. The molecule has 17 heavy (non-hydrogen) atoms. The van der Waals surface area contributed by atoms with Gasteiger partial charge in [-0.15, -0.1) is 0 Å². The van der Waals surface area contributed by atoms with Crippen molar-refractivity contribution in [3.8, 4) is 0 Å². The third kappa shape index (κ3) is 1.68. The van der Waals surface area contributed by atoms with Crippen LogP contribution in [0.15, 0.2) is 4.99 Å². The van der Waals surface area contributed by atoms with E-state index in [2.05, 4.69) is 15.8 Å². The summed E-state index contributed by atoms with van der Waals surface area (Å²) in [5.41, 5.74) is 8.47. The fourth-order valence-corrected chi connectivity index (χ4v) is 1.96. The standard InChI is InChI=1S/C8H14N4O5/c9-7(16)8(10-2-11-12-8)6-5(15)4(14)3(1-13)17-6/h2-6,12-15H,1H2,(H2,9,16)(H,10,11)/t3-,4-,5-,6?,8?/m1/s1. The Morgan fingerprint density at radius 2 is 2.24 bits per heavy atom. The number of nitrogens with one attached hydrogen (secondary N) is 2. The highest BCUT2D eigenvalue weighted by Gasteiger charge is 2.57. The van der Waals surface area contributed by atoms with Crippen LogP contribution >= 0.6 is 0 Å². The van der Waals surface area contributed by atoms with Crippen LogP contribution in [0.5, 0.6) is 0 Å². The van der Waals surface area contributed by atoms with Crippen molar-refractivity contribution >= 4 is 12.2 Å². The molecule has 0 aromatic rings. The molecule has 9 heteroatoms. The molecule has 0 aliphatic carbocycles. The molecule has 0 spiro atoms. The third-order valence-electron chi connectivity index (χ3n) is 2.93. The number of nitrogens with zero attached hydrogens (tertiary/aromatic N) is 1. The number of hydrogen-bond donors (Lipinski definition) is 6. The van der Waals surface area contributed by atoms with Crippen molar-refractivity contribution in [3.05, 3.63) is 0 Å². The molecular weight excluding hydrogens is 232 g/mol. The topological polar surface area (TPSA) is 149 Å². The van der Waals surface area contributed by atoms with Gasteiger partial charge in [0, 0.05) is 0 Å². The molecule has 2 aliphatic rings. The second kappa shape index (κ2) is 4.20. The third-order valence-corrected chi connectivity index (χ3v) is 2.93. The monoisotopic (exact) mass is 246 g/mol. The number of primary amides is 1. The minimum atomic E-state index is -1.69. The number of aliphatic hydroxyl groups is 3. The summed E-state index contributed by atoms with van der Waals surface area (Å²) in [5.74, 6) is -0.867. The lowest BCUT2D eigenvalue weighted by molar-refractivity contribution is -0.134. The average molecular weight is 246 g/mol. The summed E-state index contributed by atoms with van der Waals surface area (Å²) in [7, 11) is 0. The Labute approximate surface area is 96.2 Å². The molecule has 0 bridgehead atoms. The molecule has 9 nitrogen and oxygen atoms in total. The number of nitrogens with two attached hydrogens (primary N) is 1. The lowest BCUT2D eigenvalue weighted by Crippen LogP contribution is -2.64. The molecule has 0 saturated carbocycles. The van der Waals surface area contributed by atoms with Gasteiger partial charge in [0.15, 0.2) is 0 Å². The summed E-state index contributed by atoms with van der Waals surface area (Å²) >= 11 is 0. The summed E-state index contributed by atoms with van der Waals surface area (Å²) in [4.78, 5) is 15.2. The molecule has 5 atom stereocenters. The maximum absolute atomic E-state index is 11.4. The van der Waals surface area contributed by atoms with Crippen LogP contribution in [0.2, 0.25) is 0 Å². The van der Waals surface area contributed by atoms with Crippen LogP contribution in [0, 0.1) is 0 Å². The van der Waals surface area contributed by atoms with Gasteiger partial charge in [-0.05, 0) is 0 Å². The first kappa shape index (κ1) is 12.2. The Hall–Kier alpha value is -1.26. The molecular formula is C8H14N4O5. The summed E-state index contributed by atoms with van der Waals surface area (Å²) < 4.78 is 5.22. The van der Waals surface area contributed by atoms with Gasteiger partial charge < -0.3 is 31.2 Å². The second-order valence-electron chi connectivity index (χ2n) is 3.92. The molecule has 2 unspecified atom stereocenters. The second-order valence-corrected chi connectivity index (χ2v) is 3.92. The molecule has 2 heterocycles. The van der Waals surface area contributed by atoms with Crippen LogP contribution in [0.4, 0.5) is 0 Å². The van der Waals surface area contributed by atoms with Gasteiger partial charge in [0.1, 0.15) is 24.4 Å². The van der Waals surface area contributed by atoms with Gasteiger partial charge in [-0.2, -0.15) is 5.43 Å². The highest BCUT2D eigenvalue weighted by molar-refractivity contribution is 5.88. The van der Waals surface area contributed by atoms with Gasteiger partial charge in [0.2, 0.25) is 5.66 Å². The maximum Gasteiger partial charge on any atom is 0.264 e. The molecule has 1 fully saturated rings. The van der Waals surface area contributed by atoms with Crippen molar-refractivity contribution < 1.29 is 24.9 Å². The van der Waals surface area contributed by atoms with Crippen molar-refractivity contribution in [1.29, 1.82) is 0 Å². The van der Waals surface area contributed by atoms with Crippen LogP contribution < -0.4 is 16.6 Å². The number of aliphatic hydroxyl groups excluding tert-OH is 3. The van der Waals surface area contributed by atoms with E-state index in [1.807, 2.05) is 0 Å². The van der Waals surface area contributed by atoms with Crippen LogP contribution in [-0.2, 0) is 9.53 Å². The van der Waals surface area contributed by atoms with E-state index in [1.54, 1.807) is 0 Å². The molecule has 0 aromatic carbocycles. The van der Waals surface area contributed by atoms with E-state index in [1.165, 1.54) is 6.34 Å². The van der Waals surface area contributed by atoms with E-state index in [0.29, 0.717) is 0 Å². The van der Waals surface area contributed by atoms with Crippen LogP contribution in [0.1, 0.15) is 0 Å². The van der Waals surface area contributed by atoms with E-state index in [0.717, 1.165) is 0 Å². The SMILES string of the molecule is NC(=O)C1(C2O[C@H](CO)[C@@H](O)[C@H]2O)N=CNN1. The number of hydrazine groups is 1. The van der Waals surface area contributed by atoms with E-state index < -0.39 is 42.6 Å². The first-order valence-corrected chi connectivity index (χ1v) is 5.01. The van der Waals surface area contributed by atoms with E-state index in [4.69, 9.17) is 15.6 Å². The molecule has 1 amide bonds. The van der Waals surface area contributed by atoms with Crippen LogP contribution in [-0.4, -0.2) is 64.3 Å². The van der Waals surface area contributed by atoms with Crippen molar-refractivity contribution in [2.45, 2.75) is 30.1 Å². The fourth-order valence-electron chi connectivity index (χ4n) is 1.96. The molecule has 96 valence electrons. The zero-order valence-electron chi connectivity index (χ0n) is 8.78. The highest BCUT2D eigenvalue weighted by atomic mass is 16.6. The Balaban J connectivity index is 2.27. The number of carbonyl (C=O) groups excluding carboxylic acids is 1. The highest BCUT2D eigenvalue weighted by Crippen LogP contribution is 2.30. The molecule has 7 N–H and O–H groups in total. The van der Waals surface area contributed by atoms with Gasteiger partial charge in [0.25, 0.3) is 5.91 Å². The first-order chi connectivity index (χ1) is 8.03. The molecule has 0 aromatic heterocycles. The first-order valence-electron chi connectivity index (χ1n) is 5.01. The summed E-state index contributed by atoms with van der Waals surface area (Å²) in [6.07, 6.45) is -3.66. The number of ether oxygens (including phenoxy) is 1. The maximum atomic E-state index is 11.4. The van der Waals surface area contributed by atoms with E-state index in [9.17, 15) is 15.0 Å². The van der Waals surface area contributed by atoms with E-state index in [-0.39, 0.29) is 0 Å². The Kier molecular flexibility index (Phi) is 3.02. The van der Waals surface area contributed by atoms with Crippen molar-refractivity contribution in [2.75, 3.05) is 6.61 Å². The zero-order valence-corrected chi connectivity index (χ0v) is 8.78. The minimum absolute atomic E-state index is 0.485. The molecule has 0 radical (unpaired) electrons. The smallest absolute Gasteiger partial charge is 0.264 e. The largest absolute Gasteiger partial charge is 0.394 e. The van der Waals surface area contributed by atoms with Gasteiger partial charge in [-0.1, -0.05) is 0 Å². The van der Waals surface area contributed by atoms with Crippen molar-refractivity contribution in [1.82, 2.24) is 10.9 Å². The predicted octanol–water partition coefficient (Wildman–Crippen LogP) is -4.21. The molecule has 1 saturated heterocycles. The van der Waals surface area contributed by atoms with Crippen LogP contribution in [0.3, 0.4) is 0 Å². The number of carbonyl (C=O) groups is 1.